The molecule has 108 valence electrons. The number of fused-ring (bicyclic) bond motifs is 2. The van der Waals surface area contributed by atoms with E-state index in [1.807, 2.05) is 24.7 Å². The van der Waals surface area contributed by atoms with Crippen molar-refractivity contribution in [2.75, 3.05) is 31.1 Å². The molecule has 2 atom stereocenters. The SMILES string of the molecule is c1cnc(N2CCN3CCCC2C3)c(-c2ccncc2)c1. The average Bonchev–Trinajstić information content (AvgIpc) is 2.56. The second-order valence-corrected chi connectivity index (χ2v) is 5.90. The molecule has 4 nitrogen and oxygen atoms in total. The van der Waals surface area contributed by atoms with Gasteiger partial charge in [-0.15, -0.1) is 0 Å². The summed E-state index contributed by atoms with van der Waals surface area (Å²) in [5.74, 6) is 1.13. The summed E-state index contributed by atoms with van der Waals surface area (Å²) in [7, 11) is 0. The summed E-state index contributed by atoms with van der Waals surface area (Å²) in [6.07, 6.45) is 8.20. The Kier molecular flexibility index (Phi) is 3.31. The molecule has 2 saturated heterocycles. The number of nitrogens with zero attached hydrogens (tertiary/aromatic N) is 4. The van der Waals surface area contributed by atoms with E-state index in [1.54, 1.807) is 0 Å². The van der Waals surface area contributed by atoms with Crippen LogP contribution in [0.3, 0.4) is 0 Å². The Balaban J connectivity index is 1.72. The number of piperazine rings is 1. The Hall–Kier alpha value is -1.94. The quantitative estimate of drug-likeness (QED) is 0.845. The van der Waals surface area contributed by atoms with Gasteiger partial charge in [0, 0.05) is 49.8 Å². The van der Waals surface area contributed by atoms with Crippen LogP contribution in [0.4, 0.5) is 5.82 Å². The van der Waals surface area contributed by atoms with Crippen molar-refractivity contribution >= 4 is 5.82 Å². The van der Waals surface area contributed by atoms with Gasteiger partial charge in [0.1, 0.15) is 5.82 Å². The van der Waals surface area contributed by atoms with Crippen LogP contribution in [0.15, 0.2) is 42.9 Å². The van der Waals surface area contributed by atoms with Crippen molar-refractivity contribution in [1.29, 1.82) is 0 Å². The second kappa shape index (κ2) is 5.45. The van der Waals surface area contributed by atoms with Gasteiger partial charge in [-0.1, -0.05) is 0 Å². The summed E-state index contributed by atoms with van der Waals surface area (Å²) in [6, 6.07) is 8.95. The molecule has 0 amide bonds. The van der Waals surface area contributed by atoms with Crippen LogP contribution in [-0.4, -0.2) is 47.1 Å². The molecule has 0 aliphatic carbocycles. The van der Waals surface area contributed by atoms with E-state index in [0.29, 0.717) is 6.04 Å². The fourth-order valence-corrected chi connectivity index (χ4v) is 3.58. The van der Waals surface area contributed by atoms with Crippen LogP contribution in [-0.2, 0) is 0 Å². The molecule has 4 heteroatoms. The van der Waals surface area contributed by atoms with Crippen molar-refractivity contribution in [3.8, 4) is 11.1 Å². The van der Waals surface area contributed by atoms with E-state index in [4.69, 9.17) is 4.98 Å². The number of hydrogen-bond donors (Lipinski definition) is 0. The number of piperidine rings is 1. The van der Waals surface area contributed by atoms with Gasteiger partial charge in [0.05, 0.1) is 0 Å². The van der Waals surface area contributed by atoms with E-state index in [2.05, 4.69) is 33.0 Å². The molecule has 2 aromatic heterocycles. The lowest BCUT2D eigenvalue weighted by atomic mass is 9.99. The second-order valence-electron chi connectivity index (χ2n) is 5.90. The molecule has 0 N–H and O–H groups in total. The van der Waals surface area contributed by atoms with E-state index in [-0.39, 0.29) is 0 Å². The summed E-state index contributed by atoms with van der Waals surface area (Å²) in [6.45, 7) is 4.69. The van der Waals surface area contributed by atoms with Crippen molar-refractivity contribution in [3.63, 3.8) is 0 Å². The lowest BCUT2D eigenvalue weighted by molar-refractivity contribution is 0.174. The van der Waals surface area contributed by atoms with Gasteiger partial charge in [-0.25, -0.2) is 4.98 Å². The third-order valence-electron chi connectivity index (χ3n) is 4.63. The van der Waals surface area contributed by atoms with Gasteiger partial charge in [-0.05, 0) is 49.2 Å². The maximum atomic E-state index is 4.71. The standard InChI is InChI=1S/C17H20N4/c1-4-16(14-5-8-18-9-6-14)17(19-7-1)21-12-11-20-10-2-3-15(21)13-20/h1,4-9,15H,2-3,10-13H2. The average molecular weight is 280 g/mol. The first-order chi connectivity index (χ1) is 10.4. The molecule has 4 heterocycles. The summed E-state index contributed by atoms with van der Waals surface area (Å²) in [4.78, 5) is 13.9. The lowest BCUT2D eigenvalue weighted by Crippen LogP contribution is -2.56. The number of hydrogen-bond acceptors (Lipinski definition) is 4. The summed E-state index contributed by atoms with van der Waals surface area (Å²) in [5.41, 5.74) is 2.42. The van der Waals surface area contributed by atoms with Crippen molar-refractivity contribution in [3.05, 3.63) is 42.9 Å². The van der Waals surface area contributed by atoms with Crippen molar-refractivity contribution in [2.45, 2.75) is 18.9 Å². The third kappa shape index (κ3) is 2.40. The third-order valence-corrected chi connectivity index (χ3v) is 4.63. The van der Waals surface area contributed by atoms with Gasteiger partial charge in [0.25, 0.3) is 0 Å². The highest BCUT2D eigenvalue weighted by atomic mass is 15.3. The first-order valence-corrected chi connectivity index (χ1v) is 7.76. The van der Waals surface area contributed by atoms with Crippen LogP contribution in [0.5, 0.6) is 0 Å². The zero-order valence-corrected chi connectivity index (χ0v) is 12.2. The molecule has 2 aromatic rings. The van der Waals surface area contributed by atoms with E-state index in [1.165, 1.54) is 37.1 Å². The van der Waals surface area contributed by atoms with Crippen LogP contribution in [0, 0.1) is 0 Å². The van der Waals surface area contributed by atoms with E-state index in [0.717, 1.165) is 18.9 Å². The van der Waals surface area contributed by atoms with Crippen LogP contribution < -0.4 is 4.90 Å². The van der Waals surface area contributed by atoms with Crippen LogP contribution in [0.2, 0.25) is 0 Å². The van der Waals surface area contributed by atoms with E-state index >= 15 is 0 Å². The minimum absolute atomic E-state index is 0.614. The number of aromatic nitrogens is 2. The molecule has 0 saturated carbocycles. The molecule has 4 rings (SSSR count). The molecule has 0 aromatic carbocycles. The Morgan fingerprint density at radius 2 is 1.90 bits per heavy atom. The van der Waals surface area contributed by atoms with Gasteiger partial charge in [-0.2, -0.15) is 0 Å². The normalized spacial score (nSPS) is 24.9. The van der Waals surface area contributed by atoms with Crippen molar-refractivity contribution < 1.29 is 0 Å². The fraction of sp³-hybridized carbons (Fsp3) is 0.412. The Morgan fingerprint density at radius 1 is 1.00 bits per heavy atom. The number of anilines is 1. The van der Waals surface area contributed by atoms with Crippen LogP contribution in [0.1, 0.15) is 12.8 Å². The maximum absolute atomic E-state index is 4.71. The molecular formula is C17H20N4. The van der Waals surface area contributed by atoms with Gasteiger partial charge in [0.15, 0.2) is 0 Å². The summed E-state index contributed by atoms with van der Waals surface area (Å²) >= 11 is 0. The monoisotopic (exact) mass is 280 g/mol. The molecule has 2 bridgehead atoms. The van der Waals surface area contributed by atoms with Crippen molar-refractivity contribution in [2.24, 2.45) is 0 Å². The zero-order valence-electron chi connectivity index (χ0n) is 12.2. The first-order valence-electron chi connectivity index (χ1n) is 7.76. The molecule has 2 aliphatic heterocycles. The fourth-order valence-electron chi connectivity index (χ4n) is 3.58. The highest BCUT2D eigenvalue weighted by Gasteiger charge is 2.31. The van der Waals surface area contributed by atoms with Crippen LogP contribution in [0.25, 0.3) is 11.1 Å². The molecule has 21 heavy (non-hydrogen) atoms. The van der Waals surface area contributed by atoms with Crippen LogP contribution >= 0.6 is 0 Å². The van der Waals surface area contributed by atoms with Gasteiger partial charge in [-0.3, -0.25) is 9.88 Å². The van der Waals surface area contributed by atoms with Gasteiger partial charge in [0.2, 0.25) is 0 Å². The maximum Gasteiger partial charge on any atom is 0.136 e. The minimum Gasteiger partial charge on any atom is -0.351 e. The smallest absolute Gasteiger partial charge is 0.136 e. The highest BCUT2D eigenvalue weighted by molar-refractivity contribution is 5.75. The molecular weight excluding hydrogens is 260 g/mol. The Bertz CT molecular complexity index is 613. The predicted octanol–water partition coefficient (Wildman–Crippen LogP) is 2.43. The van der Waals surface area contributed by atoms with Crippen molar-refractivity contribution in [1.82, 2.24) is 14.9 Å². The number of pyridine rings is 2. The van der Waals surface area contributed by atoms with Gasteiger partial charge >= 0.3 is 0 Å². The highest BCUT2D eigenvalue weighted by Crippen LogP contribution is 2.32. The minimum atomic E-state index is 0.614. The van der Waals surface area contributed by atoms with Gasteiger partial charge < -0.3 is 4.90 Å². The zero-order chi connectivity index (χ0) is 14.1. The lowest BCUT2D eigenvalue weighted by Gasteiger charge is -2.46. The van der Waals surface area contributed by atoms with E-state index in [9.17, 15) is 0 Å². The molecule has 0 radical (unpaired) electrons. The first kappa shape index (κ1) is 12.8. The Morgan fingerprint density at radius 3 is 2.81 bits per heavy atom. The number of rotatable bonds is 2. The van der Waals surface area contributed by atoms with E-state index < -0.39 is 0 Å². The molecule has 2 fully saturated rings. The summed E-state index contributed by atoms with van der Waals surface area (Å²) in [5, 5.41) is 0. The topological polar surface area (TPSA) is 32.3 Å². The predicted molar refractivity (Wildman–Crippen MR) is 84.3 cm³/mol. The molecule has 2 aliphatic rings. The molecule has 2 unspecified atom stereocenters. The Labute approximate surface area is 125 Å². The largest absolute Gasteiger partial charge is 0.351 e. The molecule has 0 spiro atoms. The summed E-state index contributed by atoms with van der Waals surface area (Å²) < 4.78 is 0.